The van der Waals surface area contributed by atoms with E-state index in [4.69, 9.17) is 14.2 Å². The first-order valence-electron chi connectivity index (χ1n) is 8.33. The molecule has 0 N–H and O–H groups in total. The number of imide groups is 1. The Morgan fingerprint density at radius 1 is 1.12 bits per heavy atom. The molecule has 0 radical (unpaired) electrons. The number of aldehydes is 1. The van der Waals surface area contributed by atoms with Crippen molar-refractivity contribution in [3.8, 4) is 0 Å². The van der Waals surface area contributed by atoms with Crippen LogP contribution in [0.3, 0.4) is 0 Å². The van der Waals surface area contributed by atoms with Crippen LogP contribution in [0.1, 0.15) is 41.0 Å². The Kier molecular flexibility index (Phi) is 3.75. The van der Waals surface area contributed by atoms with Gasteiger partial charge in [-0.1, -0.05) is 12.1 Å². The van der Waals surface area contributed by atoms with Crippen LogP contribution in [0.2, 0.25) is 0 Å². The number of hydrogen-bond acceptors (Lipinski definition) is 6. The molecule has 2 fully saturated rings. The third-order valence-corrected chi connectivity index (χ3v) is 4.92. The van der Waals surface area contributed by atoms with Gasteiger partial charge in [-0.25, -0.2) is 0 Å². The van der Waals surface area contributed by atoms with Crippen molar-refractivity contribution in [2.24, 2.45) is 5.92 Å². The van der Waals surface area contributed by atoms with E-state index in [1.807, 2.05) is 0 Å². The Balaban J connectivity index is 1.49. The quantitative estimate of drug-likeness (QED) is 0.605. The lowest BCUT2D eigenvalue weighted by atomic mass is 9.95. The van der Waals surface area contributed by atoms with Crippen LogP contribution in [0.5, 0.6) is 0 Å². The lowest BCUT2D eigenvalue weighted by Crippen LogP contribution is -2.36. The molecule has 0 aliphatic carbocycles. The molecule has 0 aromatic heterocycles. The van der Waals surface area contributed by atoms with E-state index in [2.05, 4.69) is 0 Å². The summed E-state index contributed by atoms with van der Waals surface area (Å²) in [6.07, 6.45) is -0.514. The summed E-state index contributed by atoms with van der Waals surface area (Å²) in [6.45, 7) is 3.77. The Bertz CT molecular complexity index is 710. The molecule has 25 heavy (non-hydrogen) atoms. The number of ether oxygens (including phenoxy) is 3. The standard InChI is InChI=1S/C18H19NO6/c1-18(2)24-14-12(13(9-20)23-17(14)25-18)7-8-19-15(21)10-5-3-4-6-11(10)16(19)22/h3-6,9,12-14,17H,7-8H2,1-2H3/t12-,13+,14-,17-/m1/s1. The summed E-state index contributed by atoms with van der Waals surface area (Å²) in [5, 5.41) is 0. The van der Waals surface area contributed by atoms with E-state index < -0.39 is 18.2 Å². The summed E-state index contributed by atoms with van der Waals surface area (Å²) in [4.78, 5) is 37.4. The van der Waals surface area contributed by atoms with Crippen LogP contribution in [0.15, 0.2) is 24.3 Å². The molecule has 3 aliphatic heterocycles. The molecule has 0 spiro atoms. The fourth-order valence-electron chi connectivity index (χ4n) is 3.78. The van der Waals surface area contributed by atoms with Gasteiger partial charge in [0.25, 0.3) is 11.8 Å². The summed E-state index contributed by atoms with van der Waals surface area (Å²) in [5.41, 5.74) is 0.836. The normalized spacial score (nSPS) is 32.8. The molecule has 7 heteroatoms. The fourth-order valence-corrected chi connectivity index (χ4v) is 3.78. The van der Waals surface area contributed by atoms with Gasteiger partial charge < -0.3 is 19.0 Å². The van der Waals surface area contributed by atoms with Gasteiger partial charge in [-0.3, -0.25) is 14.5 Å². The van der Waals surface area contributed by atoms with E-state index in [0.29, 0.717) is 17.5 Å². The first kappa shape index (κ1) is 16.4. The molecule has 132 valence electrons. The van der Waals surface area contributed by atoms with E-state index in [1.165, 1.54) is 4.90 Å². The zero-order valence-electron chi connectivity index (χ0n) is 14.0. The topological polar surface area (TPSA) is 82.1 Å². The highest BCUT2D eigenvalue weighted by atomic mass is 16.8. The van der Waals surface area contributed by atoms with Gasteiger partial charge >= 0.3 is 0 Å². The maximum Gasteiger partial charge on any atom is 0.261 e. The molecule has 1 aromatic rings. The number of nitrogens with zero attached hydrogens (tertiary/aromatic N) is 1. The van der Waals surface area contributed by atoms with Crippen molar-refractivity contribution in [2.75, 3.05) is 6.54 Å². The predicted octanol–water partition coefficient (Wildman–Crippen LogP) is 1.36. The maximum absolute atomic E-state index is 12.4. The van der Waals surface area contributed by atoms with E-state index in [0.717, 1.165) is 6.29 Å². The van der Waals surface area contributed by atoms with Gasteiger partial charge in [-0.15, -0.1) is 0 Å². The number of fused-ring (bicyclic) bond motifs is 2. The van der Waals surface area contributed by atoms with E-state index >= 15 is 0 Å². The molecule has 0 unspecified atom stereocenters. The maximum atomic E-state index is 12.4. The monoisotopic (exact) mass is 345 g/mol. The average Bonchev–Trinajstić information content (AvgIpc) is 3.14. The van der Waals surface area contributed by atoms with Gasteiger partial charge in [0.05, 0.1) is 11.1 Å². The van der Waals surface area contributed by atoms with Crippen LogP contribution in [-0.4, -0.2) is 53.8 Å². The smallest absolute Gasteiger partial charge is 0.261 e. The lowest BCUT2D eigenvalue weighted by Gasteiger charge is -2.24. The van der Waals surface area contributed by atoms with E-state index in [1.54, 1.807) is 38.1 Å². The second-order valence-electron chi connectivity index (χ2n) is 6.97. The van der Waals surface area contributed by atoms with Crippen LogP contribution in [-0.2, 0) is 19.0 Å². The summed E-state index contributed by atoms with van der Waals surface area (Å²) >= 11 is 0. The summed E-state index contributed by atoms with van der Waals surface area (Å²) in [6, 6.07) is 6.76. The third kappa shape index (κ3) is 2.59. The van der Waals surface area contributed by atoms with Crippen molar-refractivity contribution >= 4 is 18.1 Å². The molecule has 3 aliphatic rings. The lowest BCUT2D eigenvalue weighted by molar-refractivity contribution is -0.208. The largest absolute Gasteiger partial charge is 0.341 e. The number of amides is 2. The summed E-state index contributed by atoms with van der Waals surface area (Å²) in [7, 11) is 0. The third-order valence-electron chi connectivity index (χ3n) is 4.92. The first-order valence-corrected chi connectivity index (χ1v) is 8.33. The van der Waals surface area contributed by atoms with Crippen LogP contribution >= 0.6 is 0 Å². The molecule has 0 bridgehead atoms. The predicted molar refractivity (Wildman–Crippen MR) is 84.7 cm³/mol. The second-order valence-corrected chi connectivity index (χ2v) is 6.97. The Morgan fingerprint density at radius 2 is 1.76 bits per heavy atom. The van der Waals surface area contributed by atoms with Crippen molar-refractivity contribution in [2.45, 2.75) is 44.6 Å². The van der Waals surface area contributed by atoms with Crippen molar-refractivity contribution in [3.05, 3.63) is 35.4 Å². The average molecular weight is 345 g/mol. The molecule has 1 aromatic carbocycles. The van der Waals surface area contributed by atoms with Crippen molar-refractivity contribution in [1.82, 2.24) is 4.90 Å². The van der Waals surface area contributed by atoms with Crippen LogP contribution in [0, 0.1) is 5.92 Å². The zero-order valence-corrected chi connectivity index (χ0v) is 14.0. The number of rotatable bonds is 4. The molecule has 2 amide bonds. The first-order chi connectivity index (χ1) is 11.9. The van der Waals surface area contributed by atoms with Gasteiger partial charge in [-0.2, -0.15) is 0 Å². The summed E-state index contributed by atoms with van der Waals surface area (Å²) < 4.78 is 17.1. The second kappa shape index (κ2) is 5.72. The highest BCUT2D eigenvalue weighted by Crippen LogP contribution is 2.41. The summed E-state index contributed by atoms with van der Waals surface area (Å²) in [5.74, 6) is -1.66. The number of hydrogen-bond donors (Lipinski definition) is 0. The SMILES string of the molecule is CC1(C)O[C@H]2O[C@@H](C=O)[C@@H](CCN3C(=O)c4ccccc4C3=O)[C@H]2O1. The zero-order chi connectivity index (χ0) is 17.8. The minimum atomic E-state index is -0.781. The van der Waals surface area contributed by atoms with E-state index in [9.17, 15) is 14.4 Å². The molecule has 0 saturated carbocycles. The Hall–Kier alpha value is -2.09. The van der Waals surface area contributed by atoms with Gasteiger partial charge in [0.2, 0.25) is 0 Å². The van der Waals surface area contributed by atoms with Gasteiger partial charge in [0.15, 0.2) is 12.1 Å². The molecule has 4 atom stereocenters. The molecular weight excluding hydrogens is 326 g/mol. The number of carbonyl (C=O) groups excluding carboxylic acids is 3. The fraction of sp³-hybridized carbons (Fsp3) is 0.500. The molecule has 7 nitrogen and oxygen atoms in total. The number of carbonyl (C=O) groups is 3. The van der Waals surface area contributed by atoms with Crippen molar-refractivity contribution < 1.29 is 28.6 Å². The molecule has 4 rings (SSSR count). The minimum absolute atomic E-state index is 0.206. The molecular formula is C18H19NO6. The van der Waals surface area contributed by atoms with Gasteiger partial charge in [-0.05, 0) is 32.4 Å². The van der Waals surface area contributed by atoms with Gasteiger partial charge in [0, 0.05) is 12.5 Å². The van der Waals surface area contributed by atoms with Gasteiger partial charge in [0.1, 0.15) is 18.5 Å². The Morgan fingerprint density at radius 3 is 2.36 bits per heavy atom. The number of benzene rings is 1. The van der Waals surface area contributed by atoms with Crippen molar-refractivity contribution in [1.29, 1.82) is 0 Å². The molecule has 2 saturated heterocycles. The highest BCUT2D eigenvalue weighted by Gasteiger charge is 2.54. The van der Waals surface area contributed by atoms with Crippen molar-refractivity contribution in [3.63, 3.8) is 0 Å². The van der Waals surface area contributed by atoms with Crippen LogP contribution < -0.4 is 0 Å². The van der Waals surface area contributed by atoms with E-state index in [-0.39, 0.29) is 30.4 Å². The minimum Gasteiger partial charge on any atom is -0.341 e. The molecule has 3 heterocycles. The Labute approximate surface area is 144 Å². The van der Waals surface area contributed by atoms with Crippen LogP contribution in [0.25, 0.3) is 0 Å². The van der Waals surface area contributed by atoms with Crippen LogP contribution in [0.4, 0.5) is 0 Å². The highest BCUT2D eigenvalue weighted by molar-refractivity contribution is 6.21.